The number of nitrogens with one attached hydrogen (secondary N) is 1. The van der Waals surface area contributed by atoms with Crippen LogP contribution in [0, 0.1) is 5.82 Å². The monoisotopic (exact) mass is 393 g/mol. The third kappa shape index (κ3) is 4.63. The Balaban J connectivity index is 1.31. The predicted octanol–water partition coefficient (Wildman–Crippen LogP) is 2.45. The first kappa shape index (κ1) is 19.1. The van der Waals surface area contributed by atoms with Crippen molar-refractivity contribution < 1.29 is 9.18 Å². The number of carbonyl (C=O) groups excluding carboxylic acids is 1. The minimum atomic E-state index is -0.277. The first-order chi connectivity index (χ1) is 14.2. The molecule has 1 aliphatic rings. The van der Waals surface area contributed by atoms with Crippen molar-refractivity contribution in [2.24, 2.45) is 0 Å². The number of nitrogens with zero attached hydrogens (tertiary/aromatic N) is 4. The zero-order valence-corrected chi connectivity index (χ0v) is 16.2. The Bertz CT molecular complexity index is 951. The number of rotatable bonds is 6. The summed E-state index contributed by atoms with van der Waals surface area (Å²) in [4.78, 5) is 20.9. The summed E-state index contributed by atoms with van der Waals surface area (Å²) in [5.74, 6) is 0.471. The molecule has 150 valence electrons. The lowest BCUT2D eigenvalue weighted by Crippen LogP contribution is -2.50. The van der Waals surface area contributed by atoms with Crippen molar-refractivity contribution in [3.05, 3.63) is 78.4 Å². The molecule has 0 unspecified atom stereocenters. The number of halogens is 1. The highest BCUT2D eigenvalue weighted by Crippen LogP contribution is 2.21. The van der Waals surface area contributed by atoms with Gasteiger partial charge in [-0.25, -0.2) is 9.37 Å². The SMILES string of the molecule is O=C(CN1CCN(c2nccn2-c2ccccc2F)CC1)NCc1ccccc1. The van der Waals surface area contributed by atoms with Gasteiger partial charge in [-0.2, -0.15) is 0 Å². The van der Waals surface area contributed by atoms with Crippen LogP contribution in [0.25, 0.3) is 5.69 Å². The van der Waals surface area contributed by atoms with Gasteiger partial charge < -0.3 is 10.2 Å². The zero-order chi connectivity index (χ0) is 20.1. The zero-order valence-electron chi connectivity index (χ0n) is 16.2. The Labute approximate surface area is 169 Å². The number of carbonyl (C=O) groups is 1. The highest BCUT2D eigenvalue weighted by molar-refractivity contribution is 5.78. The third-order valence-corrected chi connectivity index (χ3v) is 5.09. The lowest BCUT2D eigenvalue weighted by atomic mass is 10.2. The molecule has 29 heavy (non-hydrogen) atoms. The number of hydrogen-bond donors (Lipinski definition) is 1. The molecule has 1 amide bonds. The summed E-state index contributed by atoms with van der Waals surface area (Å²) < 4.78 is 16.0. The molecule has 6 nitrogen and oxygen atoms in total. The van der Waals surface area contributed by atoms with Gasteiger partial charge in [-0.15, -0.1) is 0 Å². The summed E-state index contributed by atoms with van der Waals surface area (Å²) in [7, 11) is 0. The van der Waals surface area contributed by atoms with Gasteiger partial charge in [-0.05, 0) is 17.7 Å². The first-order valence-corrected chi connectivity index (χ1v) is 9.77. The molecule has 0 spiro atoms. The van der Waals surface area contributed by atoms with Gasteiger partial charge >= 0.3 is 0 Å². The van der Waals surface area contributed by atoms with E-state index in [1.54, 1.807) is 29.1 Å². The fourth-order valence-corrected chi connectivity index (χ4v) is 3.53. The Hall–Kier alpha value is -3.19. The molecule has 0 saturated carbocycles. The summed E-state index contributed by atoms with van der Waals surface area (Å²) in [5.41, 5.74) is 1.58. The van der Waals surface area contributed by atoms with Crippen LogP contribution in [0.15, 0.2) is 67.0 Å². The lowest BCUT2D eigenvalue weighted by molar-refractivity contribution is -0.122. The molecule has 7 heteroatoms. The molecule has 2 heterocycles. The van der Waals surface area contributed by atoms with Gasteiger partial charge in [0.25, 0.3) is 0 Å². The second-order valence-corrected chi connectivity index (χ2v) is 7.07. The van der Waals surface area contributed by atoms with Crippen LogP contribution in [0.2, 0.25) is 0 Å². The summed E-state index contributed by atoms with van der Waals surface area (Å²) in [6.07, 6.45) is 3.46. The molecular weight excluding hydrogens is 369 g/mol. The normalized spacial score (nSPS) is 14.7. The maximum absolute atomic E-state index is 14.2. The second kappa shape index (κ2) is 8.87. The van der Waals surface area contributed by atoms with E-state index >= 15 is 0 Å². The highest BCUT2D eigenvalue weighted by Gasteiger charge is 2.22. The molecule has 0 bridgehead atoms. The van der Waals surface area contributed by atoms with Gasteiger partial charge in [0, 0.05) is 45.1 Å². The number of hydrogen-bond acceptors (Lipinski definition) is 4. The number of imidazole rings is 1. The molecular formula is C22H24FN5O. The standard InChI is InChI=1S/C22H24FN5O/c23-19-8-4-5-9-20(19)28-11-10-24-22(28)27-14-12-26(13-15-27)17-21(29)25-16-18-6-2-1-3-7-18/h1-11H,12-17H2,(H,25,29). The Kier molecular flexibility index (Phi) is 5.86. The average Bonchev–Trinajstić information content (AvgIpc) is 3.23. The van der Waals surface area contributed by atoms with Crippen LogP contribution in [-0.2, 0) is 11.3 Å². The Morgan fingerprint density at radius 2 is 1.72 bits per heavy atom. The van der Waals surface area contributed by atoms with Crippen LogP contribution >= 0.6 is 0 Å². The minimum absolute atomic E-state index is 0.0233. The first-order valence-electron chi connectivity index (χ1n) is 9.77. The molecule has 0 aliphatic carbocycles. The molecule has 2 aromatic carbocycles. The van der Waals surface area contributed by atoms with Crippen molar-refractivity contribution in [1.29, 1.82) is 0 Å². The molecule has 1 N–H and O–H groups in total. The number of benzene rings is 2. The van der Waals surface area contributed by atoms with E-state index < -0.39 is 0 Å². The van der Waals surface area contributed by atoms with Crippen LogP contribution in [0.1, 0.15) is 5.56 Å². The second-order valence-electron chi connectivity index (χ2n) is 7.07. The van der Waals surface area contributed by atoms with Gasteiger partial charge in [0.05, 0.1) is 12.2 Å². The smallest absolute Gasteiger partial charge is 0.234 e. The number of amides is 1. The van der Waals surface area contributed by atoms with E-state index in [1.807, 2.05) is 36.4 Å². The van der Waals surface area contributed by atoms with Gasteiger partial charge in [0.2, 0.25) is 11.9 Å². The molecule has 1 aromatic heterocycles. The van der Waals surface area contributed by atoms with Gasteiger partial charge in [0.15, 0.2) is 0 Å². The highest BCUT2D eigenvalue weighted by atomic mass is 19.1. The van der Waals surface area contributed by atoms with Crippen molar-refractivity contribution in [2.45, 2.75) is 6.54 Å². The maximum atomic E-state index is 14.2. The Morgan fingerprint density at radius 1 is 1.00 bits per heavy atom. The van der Waals surface area contributed by atoms with Crippen LogP contribution in [0.3, 0.4) is 0 Å². The van der Waals surface area contributed by atoms with E-state index in [2.05, 4.69) is 20.1 Å². The van der Waals surface area contributed by atoms with E-state index in [0.29, 0.717) is 18.8 Å². The van der Waals surface area contributed by atoms with Crippen LogP contribution < -0.4 is 10.2 Å². The summed E-state index contributed by atoms with van der Waals surface area (Å²) >= 11 is 0. The summed E-state index contributed by atoms with van der Waals surface area (Å²) in [6.45, 7) is 3.89. The molecule has 0 radical (unpaired) electrons. The largest absolute Gasteiger partial charge is 0.351 e. The van der Waals surface area contributed by atoms with E-state index in [0.717, 1.165) is 37.7 Å². The van der Waals surface area contributed by atoms with Crippen LogP contribution in [-0.4, -0.2) is 53.1 Å². The van der Waals surface area contributed by atoms with E-state index in [4.69, 9.17) is 0 Å². The molecule has 3 aromatic rings. The topological polar surface area (TPSA) is 53.4 Å². The van der Waals surface area contributed by atoms with Crippen molar-refractivity contribution >= 4 is 11.9 Å². The van der Waals surface area contributed by atoms with E-state index in [1.165, 1.54) is 6.07 Å². The number of para-hydroxylation sites is 1. The van der Waals surface area contributed by atoms with Gasteiger partial charge in [-0.3, -0.25) is 14.3 Å². The van der Waals surface area contributed by atoms with E-state index in [9.17, 15) is 9.18 Å². The molecule has 1 aliphatic heterocycles. The predicted molar refractivity (Wildman–Crippen MR) is 110 cm³/mol. The lowest BCUT2D eigenvalue weighted by Gasteiger charge is -2.35. The van der Waals surface area contributed by atoms with Crippen LogP contribution in [0.4, 0.5) is 10.3 Å². The average molecular weight is 393 g/mol. The number of aromatic nitrogens is 2. The molecule has 0 atom stereocenters. The van der Waals surface area contributed by atoms with Crippen molar-refractivity contribution in [3.63, 3.8) is 0 Å². The van der Waals surface area contributed by atoms with Gasteiger partial charge in [0.1, 0.15) is 5.82 Å². The molecule has 4 rings (SSSR count). The number of anilines is 1. The fourth-order valence-electron chi connectivity index (χ4n) is 3.53. The minimum Gasteiger partial charge on any atom is -0.351 e. The van der Waals surface area contributed by atoms with Crippen molar-refractivity contribution in [2.75, 3.05) is 37.6 Å². The summed E-state index contributed by atoms with van der Waals surface area (Å²) in [6, 6.07) is 16.6. The molecule has 1 saturated heterocycles. The van der Waals surface area contributed by atoms with Crippen LogP contribution in [0.5, 0.6) is 0 Å². The Morgan fingerprint density at radius 3 is 2.48 bits per heavy atom. The molecule has 1 fully saturated rings. The van der Waals surface area contributed by atoms with Crippen molar-refractivity contribution in [1.82, 2.24) is 19.8 Å². The fraction of sp³-hybridized carbons (Fsp3) is 0.273. The third-order valence-electron chi connectivity index (χ3n) is 5.09. The van der Waals surface area contributed by atoms with E-state index in [-0.39, 0.29) is 11.7 Å². The maximum Gasteiger partial charge on any atom is 0.234 e. The quantitative estimate of drug-likeness (QED) is 0.699. The van der Waals surface area contributed by atoms with Crippen molar-refractivity contribution in [3.8, 4) is 5.69 Å². The summed E-state index contributed by atoms with van der Waals surface area (Å²) in [5, 5.41) is 2.97. The number of piperazine rings is 1. The van der Waals surface area contributed by atoms with Gasteiger partial charge in [-0.1, -0.05) is 42.5 Å².